The quantitative estimate of drug-likeness (QED) is 0.0911. The van der Waals surface area contributed by atoms with Gasteiger partial charge < -0.3 is 35.2 Å². The van der Waals surface area contributed by atoms with Gasteiger partial charge in [-0.15, -0.1) is 0 Å². The van der Waals surface area contributed by atoms with Crippen molar-refractivity contribution >= 4 is 41.4 Å². The van der Waals surface area contributed by atoms with E-state index in [2.05, 4.69) is 16.0 Å². The first-order valence-electron chi connectivity index (χ1n) is 24.2. The van der Waals surface area contributed by atoms with Crippen molar-refractivity contribution in [3.05, 3.63) is 48.0 Å². The zero-order valence-electron chi connectivity index (χ0n) is 41.3. The summed E-state index contributed by atoms with van der Waals surface area (Å²) in [4.78, 5) is 101. The summed E-state index contributed by atoms with van der Waals surface area (Å²) in [6.07, 6.45) is 8.09. The molecular weight excluding hydrogens is 843 g/mol. The van der Waals surface area contributed by atoms with E-state index in [9.17, 15) is 33.6 Å². The molecule has 16 heteroatoms. The van der Waals surface area contributed by atoms with Crippen LogP contribution in [0.2, 0.25) is 0 Å². The Balaban J connectivity index is 1.40. The zero-order chi connectivity index (χ0) is 48.7. The number of nitrogens with one attached hydrogen (secondary N) is 3. The first-order valence-corrected chi connectivity index (χ1v) is 24.2. The molecule has 0 saturated carbocycles. The largest absolute Gasteiger partial charge is 0.379 e. The highest BCUT2D eigenvalue weighted by molar-refractivity contribution is 6.12. The van der Waals surface area contributed by atoms with E-state index >= 15 is 0 Å². The monoisotopic (exact) mass is 922 g/mol. The van der Waals surface area contributed by atoms with Crippen LogP contribution in [0.1, 0.15) is 111 Å². The Bertz CT molecular complexity index is 1830. The second kappa shape index (κ2) is 25.5. The van der Waals surface area contributed by atoms with Gasteiger partial charge in [-0.2, -0.15) is 0 Å². The summed E-state index contributed by atoms with van der Waals surface area (Å²) < 4.78 is 12.1. The number of likely N-dealkylation sites (N-methyl/N-ethyl adjacent to an activating group) is 2. The molecule has 368 valence electrons. The zero-order valence-corrected chi connectivity index (χ0v) is 41.3. The molecule has 1 aromatic rings. The number of amides is 7. The predicted octanol–water partition coefficient (Wildman–Crippen LogP) is 3.86. The lowest BCUT2D eigenvalue weighted by Crippen LogP contribution is -2.61. The van der Waals surface area contributed by atoms with Gasteiger partial charge in [-0.3, -0.25) is 43.4 Å². The van der Waals surface area contributed by atoms with E-state index in [1.54, 1.807) is 30.9 Å². The summed E-state index contributed by atoms with van der Waals surface area (Å²) in [7, 11) is 6.76. The molecule has 9 atom stereocenters. The number of carbonyl (C=O) groups excluding carboxylic acids is 7. The molecule has 3 aliphatic heterocycles. The topological polar surface area (TPSA) is 187 Å². The molecule has 7 unspecified atom stereocenters. The SMILES string of the molecule is CCC(C)C(C(CC(=O)N1CCC[C@H]1C(OC)C(C)C(=O)NC(Cc1ccccc1)C(=O)NCCCCCCN1C(=O)C=CC1=O)OC)N(C)C(=O)C(NC(=O)[C@@]1(C)CCCN1C)C(C)C. The van der Waals surface area contributed by atoms with Crippen molar-refractivity contribution in [2.24, 2.45) is 17.8 Å². The molecular formula is C50H79N7O9. The minimum absolute atomic E-state index is 0.00714. The van der Waals surface area contributed by atoms with E-state index in [0.717, 1.165) is 37.8 Å². The van der Waals surface area contributed by atoms with Gasteiger partial charge >= 0.3 is 0 Å². The number of hydrogen-bond donors (Lipinski definition) is 3. The number of rotatable bonds is 26. The van der Waals surface area contributed by atoms with Crippen LogP contribution >= 0.6 is 0 Å². The number of hydrogen-bond acceptors (Lipinski definition) is 10. The number of carbonyl (C=O) groups is 7. The van der Waals surface area contributed by atoms with Crippen molar-refractivity contribution in [1.29, 1.82) is 0 Å². The molecule has 0 aliphatic carbocycles. The average molecular weight is 922 g/mol. The van der Waals surface area contributed by atoms with Crippen molar-refractivity contribution in [2.45, 2.75) is 154 Å². The number of likely N-dealkylation sites (tertiary alicyclic amines) is 2. The number of methoxy groups -OCH3 is 2. The van der Waals surface area contributed by atoms with Crippen LogP contribution in [-0.2, 0) is 49.5 Å². The first kappa shape index (κ1) is 53.9. The maximum atomic E-state index is 14.4. The number of benzene rings is 1. The van der Waals surface area contributed by atoms with Gasteiger partial charge in [-0.05, 0) is 76.4 Å². The van der Waals surface area contributed by atoms with Gasteiger partial charge in [0.15, 0.2) is 0 Å². The van der Waals surface area contributed by atoms with Gasteiger partial charge in [0.1, 0.15) is 12.1 Å². The fraction of sp³-hybridized carbons (Fsp3) is 0.700. The van der Waals surface area contributed by atoms with E-state index in [0.29, 0.717) is 51.7 Å². The van der Waals surface area contributed by atoms with Gasteiger partial charge in [0.25, 0.3) is 11.8 Å². The maximum absolute atomic E-state index is 14.4. The molecule has 4 rings (SSSR count). The fourth-order valence-corrected chi connectivity index (χ4v) is 9.82. The molecule has 3 N–H and O–H groups in total. The highest BCUT2D eigenvalue weighted by atomic mass is 16.5. The molecule has 2 fully saturated rings. The molecule has 1 aromatic carbocycles. The molecule has 0 aromatic heterocycles. The smallest absolute Gasteiger partial charge is 0.253 e. The third-order valence-corrected chi connectivity index (χ3v) is 14.4. The van der Waals surface area contributed by atoms with Crippen molar-refractivity contribution in [2.75, 3.05) is 54.5 Å². The lowest BCUT2D eigenvalue weighted by atomic mass is 9.89. The first-order chi connectivity index (χ1) is 31.4. The molecule has 0 bridgehead atoms. The summed E-state index contributed by atoms with van der Waals surface area (Å²) in [5.41, 5.74) is 0.184. The Labute approximate surface area is 393 Å². The Morgan fingerprint density at radius 1 is 0.879 bits per heavy atom. The fourth-order valence-electron chi connectivity index (χ4n) is 9.82. The van der Waals surface area contributed by atoms with E-state index in [1.165, 1.54) is 24.2 Å². The van der Waals surface area contributed by atoms with Crippen LogP contribution in [0, 0.1) is 17.8 Å². The number of ether oxygens (including phenoxy) is 2. The number of imide groups is 1. The standard InChI is InChI=1S/C50H79N7O9/c1-11-34(4)44(55(8)48(63)43(33(2)3)53-49(64)50(6)26-20-28-54(50)7)39(65-9)32-42(60)56-30-19-23-38(56)45(66-10)35(5)46(61)52-37(31-36-21-15-14-16-22-36)47(62)51-27-17-12-13-18-29-57-40(58)24-25-41(57)59/h14-16,21-22,24-25,33-35,37-39,43-45H,11-13,17-20,23,26-32H2,1-10H3,(H,51,62)(H,52,61)(H,53,64)/t34?,35?,37?,38-,39?,43?,44?,45?,50+/m0/s1. The van der Waals surface area contributed by atoms with Gasteiger partial charge in [-0.1, -0.05) is 84.2 Å². The Hall–Kier alpha value is -4.67. The van der Waals surface area contributed by atoms with Crippen LogP contribution in [0.15, 0.2) is 42.5 Å². The minimum Gasteiger partial charge on any atom is -0.379 e. The Morgan fingerprint density at radius 2 is 1.55 bits per heavy atom. The van der Waals surface area contributed by atoms with E-state index in [1.807, 2.05) is 76.9 Å². The molecule has 3 heterocycles. The lowest BCUT2D eigenvalue weighted by molar-refractivity contribution is -0.148. The molecule has 7 amide bonds. The van der Waals surface area contributed by atoms with Crippen molar-refractivity contribution in [3.8, 4) is 0 Å². The van der Waals surface area contributed by atoms with Gasteiger partial charge in [0.05, 0.1) is 42.2 Å². The second-order valence-corrected chi connectivity index (χ2v) is 19.2. The van der Waals surface area contributed by atoms with Crippen LogP contribution < -0.4 is 16.0 Å². The third kappa shape index (κ3) is 13.7. The normalized spacial score (nSPS) is 21.9. The van der Waals surface area contributed by atoms with E-state index in [-0.39, 0.29) is 66.0 Å². The Morgan fingerprint density at radius 3 is 2.14 bits per heavy atom. The summed E-state index contributed by atoms with van der Waals surface area (Å²) in [5, 5.41) is 9.07. The number of nitrogens with zero attached hydrogens (tertiary/aromatic N) is 4. The van der Waals surface area contributed by atoms with Crippen LogP contribution in [0.4, 0.5) is 0 Å². The third-order valence-electron chi connectivity index (χ3n) is 14.4. The van der Waals surface area contributed by atoms with Crippen LogP contribution in [0.5, 0.6) is 0 Å². The molecule has 66 heavy (non-hydrogen) atoms. The highest BCUT2D eigenvalue weighted by Gasteiger charge is 2.45. The van der Waals surface area contributed by atoms with Crippen LogP contribution in [0.25, 0.3) is 0 Å². The molecule has 16 nitrogen and oxygen atoms in total. The predicted molar refractivity (Wildman–Crippen MR) is 253 cm³/mol. The van der Waals surface area contributed by atoms with Gasteiger partial charge in [0.2, 0.25) is 29.5 Å². The van der Waals surface area contributed by atoms with Crippen LogP contribution in [-0.4, -0.2) is 157 Å². The second-order valence-electron chi connectivity index (χ2n) is 19.2. The molecule has 0 spiro atoms. The Kier molecular flexibility index (Phi) is 20.8. The molecule has 0 radical (unpaired) electrons. The van der Waals surface area contributed by atoms with Crippen molar-refractivity contribution in [1.82, 2.24) is 35.6 Å². The van der Waals surface area contributed by atoms with Crippen molar-refractivity contribution < 1.29 is 43.0 Å². The van der Waals surface area contributed by atoms with Gasteiger partial charge in [-0.25, -0.2) is 0 Å². The highest BCUT2D eigenvalue weighted by Crippen LogP contribution is 2.31. The van der Waals surface area contributed by atoms with Crippen molar-refractivity contribution in [3.63, 3.8) is 0 Å². The molecule has 3 aliphatic rings. The van der Waals surface area contributed by atoms with Crippen LogP contribution in [0.3, 0.4) is 0 Å². The molecule has 2 saturated heterocycles. The minimum atomic E-state index is -0.865. The van der Waals surface area contributed by atoms with Gasteiger partial charge in [0, 0.05) is 59.5 Å². The summed E-state index contributed by atoms with van der Waals surface area (Å²) in [5.74, 6) is -2.80. The summed E-state index contributed by atoms with van der Waals surface area (Å²) >= 11 is 0. The summed E-state index contributed by atoms with van der Waals surface area (Å²) in [6, 6.07) is 6.94. The maximum Gasteiger partial charge on any atom is 0.253 e. The van der Waals surface area contributed by atoms with E-state index in [4.69, 9.17) is 9.47 Å². The number of unbranched alkanes of at least 4 members (excludes halogenated alkanes) is 3. The summed E-state index contributed by atoms with van der Waals surface area (Å²) in [6.45, 7) is 13.6. The van der Waals surface area contributed by atoms with E-state index < -0.39 is 47.8 Å². The lowest BCUT2D eigenvalue weighted by Gasteiger charge is -2.41. The average Bonchev–Trinajstić information content (AvgIpc) is 4.02.